The first-order chi connectivity index (χ1) is 11.5. The highest BCUT2D eigenvalue weighted by Crippen LogP contribution is 2.18. The number of piperidine rings is 1. The van der Waals surface area contributed by atoms with Crippen LogP contribution in [0.2, 0.25) is 5.02 Å². The molecule has 3 amide bonds. The van der Waals surface area contributed by atoms with Crippen LogP contribution in [0.25, 0.3) is 0 Å². The highest BCUT2D eigenvalue weighted by atomic mass is 35.5. The third-order valence-electron chi connectivity index (χ3n) is 4.00. The molecule has 24 heavy (non-hydrogen) atoms. The van der Waals surface area contributed by atoms with Gasteiger partial charge in [-0.15, -0.1) is 0 Å². The lowest BCUT2D eigenvalue weighted by atomic mass is 9.96. The van der Waals surface area contributed by atoms with E-state index >= 15 is 0 Å². The van der Waals surface area contributed by atoms with Crippen LogP contribution in [-0.4, -0.2) is 62.1 Å². The van der Waals surface area contributed by atoms with Crippen molar-refractivity contribution in [2.75, 3.05) is 40.3 Å². The minimum absolute atomic E-state index is 0.00484. The molecule has 0 aliphatic carbocycles. The summed E-state index contributed by atoms with van der Waals surface area (Å²) in [5.41, 5.74) is 0. The molecule has 1 heterocycles. The highest BCUT2D eigenvalue weighted by Gasteiger charge is 2.27. The zero-order valence-corrected chi connectivity index (χ0v) is 14.9. The Kier molecular flexibility index (Phi) is 6.73. The van der Waals surface area contributed by atoms with Crippen molar-refractivity contribution >= 4 is 23.5 Å². The lowest BCUT2D eigenvalue weighted by molar-refractivity contribution is -0.126. The molecule has 1 aliphatic rings. The lowest BCUT2D eigenvalue weighted by Crippen LogP contribution is -2.46. The van der Waals surface area contributed by atoms with Crippen molar-refractivity contribution in [3.8, 4) is 5.75 Å². The van der Waals surface area contributed by atoms with Crippen LogP contribution in [0.4, 0.5) is 4.79 Å². The standard InChI is InChI=1S/C17H24ClN3O3/c1-20(2)17(23)21-10-7-13(8-11-21)16(22)19-9-12-24-15-5-3-14(18)4-6-15/h3-6,13H,7-12H2,1-2H3,(H,19,22). The van der Waals surface area contributed by atoms with Gasteiger partial charge in [-0.2, -0.15) is 0 Å². The van der Waals surface area contributed by atoms with Crippen molar-refractivity contribution < 1.29 is 14.3 Å². The number of carbonyl (C=O) groups excluding carboxylic acids is 2. The number of hydrogen-bond donors (Lipinski definition) is 1. The molecule has 1 aromatic carbocycles. The fraction of sp³-hybridized carbons (Fsp3) is 0.529. The molecule has 7 heteroatoms. The molecule has 0 saturated carbocycles. The van der Waals surface area contributed by atoms with E-state index in [1.165, 1.54) is 0 Å². The van der Waals surface area contributed by atoms with Gasteiger partial charge < -0.3 is 19.9 Å². The second-order valence-corrected chi connectivity index (χ2v) is 6.47. The number of amides is 3. The Bertz CT molecular complexity index is 555. The summed E-state index contributed by atoms with van der Waals surface area (Å²) in [7, 11) is 3.48. The van der Waals surface area contributed by atoms with E-state index in [1.54, 1.807) is 48.2 Å². The molecule has 0 atom stereocenters. The minimum Gasteiger partial charge on any atom is -0.492 e. The molecule has 0 unspecified atom stereocenters. The van der Waals surface area contributed by atoms with E-state index in [1.807, 2.05) is 0 Å². The first-order valence-electron chi connectivity index (χ1n) is 8.09. The van der Waals surface area contributed by atoms with Crippen LogP contribution < -0.4 is 10.1 Å². The lowest BCUT2D eigenvalue weighted by Gasteiger charge is -2.33. The quantitative estimate of drug-likeness (QED) is 0.826. The van der Waals surface area contributed by atoms with Crippen LogP contribution in [-0.2, 0) is 4.79 Å². The molecule has 1 aromatic rings. The number of ether oxygens (including phenoxy) is 1. The summed E-state index contributed by atoms with van der Waals surface area (Å²) in [6.07, 6.45) is 1.40. The van der Waals surface area contributed by atoms with Gasteiger partial charge in [0.25, 0.3) is 0 Å². The number of likely N-dealkylation sites (tertiary alicyclic amines) is 1. The van der Waals surface area contributed by atoms with Crippen molar-refractivity contribution in [3.63, 3.8) is 0 Å². The molecule has 1 N–H and O–H groups in total. The summed E-state index contributed by atoms with van der Waals surface area (Å²) >= 11 is 5.81. The Balaban J connectivity index is 1.65. The molecule has 1 fully saturated rings. The second-order valence-electron chi connectivity index (χ2n) is 6.03. The number of carbonyl (C=O) groups is 2. The summed E-state index contributed by atoms with van der Waals surface area (Å²) in [6, 6.07) is 7.12. The fourth-order valence-electron chi connectivity index (χ4n) is 2.63. The smallest absolute Gasteiger partial charge is 0.319 e. The number of nitrogens with zero attached hydrogens (tertiary/aromatic N) is 2. The molecule has 0 radical (unpaired) electrons. The largest absolute Gasteiger partial charge is 0.492 e. The average molecular weight is 354 g/mol. The van der Waals surface area contributed by atoms with Crippen molar-refractivity contribution in [2.45, 2.75) is 12.8 Å². The van der Waals surface area contributed by atoms with Crippen molar-refractivity contribution in [1.29, 1.82) is 0 Å². The normalized spacial score (nSPS) is 15.0. The second kappa shape index (κ2) is 8.78. The summed E-state index contributed by atoms with van der Waals surface area (Å²) in [5.74, 6) is 0.725. The molecule has 1 saturated heterocycles. The summed E-state index contributed by atoms with van der Waals surface area (Å²) in [4.78, 5) is 27.4. The van der Waals surface area contributed by atoms with E-state index in [0.717, 1.165) is 5.75 Å². The Morgan fingerprint density at radius 2 is 1.88 bits per heavy atom. The molecule has 0 bridgehead atoms. The topological polar surface area (TPSA) is 61.9 Å². The first kappa shape index (κ1) is 18.4. The van der Waals surface area contributed by atoms with Gasteiger partial charge >= 0.3 is 6.03 Å². The zero-order chi connectivity index (χ0) is 17.5. The van der Waals surface area contributed by atoms with Gasteiger partial charge in [0.2, 0.25) is 5.91 Å². The first-order valence-corrected chi connectivity index (χ1v) is 8.47. The van der Waals surface area contributed by atoms with Crippen LogP contribution in [0, 0.1) is 5.92 Å². The number of halogens is 1. The van der Waals surface area contributed by atoms with Crippen molar-refractivity contribution in [3.05, 3.63) is 29.3 Å². The van der Waals surface area contributed by atoms with Crippen molar-refractivity contribution in [1.82, 2.24) is 15.1 Å². The van der Waals surface area contributed by atoms with Gasteiger partial charge in [-0.1, -0.05) is 11.6 Å². The van der Waals surface area contributed by atoms with Crippen LogP contribution in [0.3, 0.4) is 0 Å². The van der Waals surface area contributed by atoms with Gasteiger partial charge in [0.1, 0.15) is 12.4 Å². The molecule has 2 rings (SSSR count). The average Bonchev–Trinajstić information content (AvgIpc) is 2.59. The van der Waals surface area contributed by atoms with Gasteiger partial charge in [0.15, 0.2) is 0 Å². The maximum atomic E-state index is 12.2. The van der Waals surface area contributed by atoms with Gasteiger partial charge in [-0.25, -0.2) is 4.79 Å². The van der Waals surface area contributed by atoms with E-state index in [-0.39, 0.29) is 17.9 Å². The molecule has 1 aliphatic heterocycles. The summed E-state index contributed by atoms with van der Waals surface area (Å²) in [5, 5.41) is 3.56. The minimum atomic E-state index is -0.0354. The monoisotopic (exact) mass is 353 g/mol. The Morgan fingerprint density at radius 3 is 2.46 bits per heavy atom. The van der Waals surface area contributed by atoms with E-state index < -0.39 is 0 Å². The Hall–Kier alpha value is -1.95. The van der Waals surface area contributed by atoms with Crippen molar-refractivity contribution in [2.24, 2.45) is 5.92 Å². The molecular formula is C17H24ClN3O3. The number of hydrogen-bond acceptors (Lipinski definition) is 3. The maximum absolute atomic E-state index is 12.2. The van der Waals surface area contributed by atoms with Gasteiger partial charge in [-0.05, 0) is 37.1 Å². The van der Waals surface area contributed by atoms with Crippen LogP contribution >= 0.6 is 11.6 Å². The third-order valence-corrected chi connectivity index (χ3v) is 4.25. The zero-order valence-electron chi connectivity index (χ0n) is 14.1. The predicted molar refractivity (Wildman–Crippen MR) is 93.3 cm³/mol. The van der Waals surface area contributed by atoms with E-state index in [2.05, 4.69) is 5.32 Å². The van der Waals surface area contributed by atoms with Gasteiger partial charge in [0.05, 0.1) is 6.54 Å². The van der Waals surface area contributed by atoms with E-state index in [9.17, 15) is 9.59 Å². The Morgan fingerprint density at radius 1 is 1.25 bits per heavy atom. The fourth-order valence-corrected chi connectivity index (χ4v) is 2.76. The van der Waals surface area contributed by atoms with Gasteiger partial charge in [-0.3, -0.25) is 4.79 Å². The summed E-state index contributed by atoms with van der Waals surface area (Å²) in [6.45, 7) is 2.11. The predicted octanol–water partition coefficient (Wildman–Crippen LogP) is 2.23. The molecule has 132 valence electrons. The number of benzene rings is 1. The molecule has 0 spiro atoms. The molecule has 6 nitrogen and oxygen atoms in total. The highest BCUT2D eigenvalue weighted by molar-refractivity contribution is 6.30. The molecular weight excluding hydrogens is 330 g/mol. The van der Waals surface area contributed by atoms with Crippen LogP contribution in [0.15, 0.2) is 24.3 Å². The maximum Gasteiger partial charge on any atom is 0.319 e. The third kappa shape index (κ3) is 5.30. The van der Waals surface area contributed by atoms with Gasteiger partial charge in [0, 0.05) is 38.1 Å². The Labute approximate surface area is 147 Å². The van der Waals surface area contributed by atoms with Crippen LogP contribution in [0.5, 0.6) is 5.75 Å². The number of rotatable bonds is 5. The molecule has 0 aromatic heterocycles. The van der Waals surface area contributed by atoms with Crippen LogP contribution in [0.1, 0.15) is 12.8 Å². The van der Waals surface area contributed by atoms with E-state index in [0.29, 0.717) is 44.1 Å². The SMILES string of the molecule is CN(C)C(=O)N1CCC(C(=O)NCCOc2ccc(Cl)cc2)CC1. The summed E-state index contributed by atoms with van der Waals surface area (Å²) < 4.78 is 5.54. The van der Waals surface area contributed by atoms with E-state index in [4.69, 9.17) is 16.3 Å². The number of urea groups is 1. The number of nitrogens with one attached hydrogen (secondary N) is 1.